The van der Waals surface area contributed by atoms with E-state index in [4.69, 9.17) is 19.9 Å². The second-order valence-electron chi connectivity index (χ2n) is 5.90. The number of amides is 1. The molecule has 0 aliphatic heterocycles. The lowest BCUT2D eigenvalue weighted by atomic mass is 9.99. The molecule has 7 heteroatoms. The molecule has 1 aliphatic carbocycles. The maximum Gasteiger partial charge on any atom is 0.227 e. The Hall–Kier alpha value is -1.66. The van der Waals surface area contributed by atoms with Crippen LogP contribution in [0.2, 0.25) is 0 Å². The summed E-state index contributed by atoms with van der Waals surface area (Å²) in [4.78, 5) is 14.2. The van der Waals surface area contributed by atoms with Crippen LogP contribution >= 0.6 is 12.4 Å². The van der Waals surface area contributed by atoms with E-state index in [2.05, 4.69) is 0 Å². The van der Waals surface area contributed by atoms with Crippen molar-refractivity contribution in [1.82, 2.24) is 0 Å². The Bertz CT molecular complexity index is 543. The molecule has 0 saturated heterocycles. The van der Waals surface area contributed by atoms with E-state index in [1.807, 2.05) is 0 Å². The molecule has 0 spiro atoms. The molecule has 0 radical (unpaired) electrons. The van der Waals surface area contributed by atoms with Crippen molar-refractivity contribution < 1.29 is 19.0 Å². The normalized spacial score (nSPS) is 19.4. The van der Waals surface area contributed by atoms with Crippen LogP contribution in [0.4, 0.5) is 5.69 Å². The van der Waals surface area contributed by atoms with Gasteiger partial charge in [0.05, 0.1) is 27.0 Å². The Balaban J connectivity index is 0.00000288. The molecule has 0 aromatic heterocycles. The summed E-state index contributed by atoms with van der Waals surface area (Å²) in [5.74, 6) is 1.88. The Labute approximate surface area is 149 Å². The van der Waals surface area contributed by atoms with Crippen LogP contribution in [0.5, 0.6) is 17.2 Å². The van der Waals surface area contributed by atoms with Gasteiger partial charge in [0.2, 0.25) is 11.7 Å². The van der Waals surface area contributed by atoms with Crippen molar-refractivity contribution in [3.8, 4) is 17.2 Å². The summed E-state index contributed by atoms with van der Waals surface area (Å²) in [5, 5.41) is 0. The van der Waals surface area contributed by atoms with Crippen LogP contribution in [-0.4, -0.2) is 40.3 Å². The van der Waals surface area contributed by atoms with E-state index in [0.717, 1.165) is 19.3 Å². The first-order chi connectivity index (χ1) is 11.0. The van der Waals surface area contributed by atoms with Crippen molar-refractivity contribution in [3.05, 3.63) is 12.1 Å². The third-order valence-electron chi connectivity index (χ3n) is 4.57. The Morgan fingerprint density at radius 3 is 2.17 bits per heavy atom. The first kappa shape index (κ1) is 20.4. The van der Waals surface area contributed by atoms with Gasteiger partial charge in [-0.05, 0) is 18.8 Å². The van der Waals surface area contributed by atoms with Crippen molar-refractivity contribution in [2.75, 3.05) is 33.3 Å². The highest BCUT2D eigenvalue weighted by atomic mass is 35.5. The van der Waals surface area contributed by atoms with Crippen LogP contribution in [0.25, 0.3) is 0 Å². The number of anilines is 1. The Kier molecular flexibility index (Phi) is 7.63. The number of benzene rings is 1. The van der Waals surface area contributed by atoms with Gasteiger partial charge in [0, 0.05) is 31.6 Å². The summed E-state index contributed by atoms with van der Waals surface area (Å²) in [6.07, 6.45) is 3.60. The van der Waals surface area contributed by atoms with E-state index in [0.29, 0.717) is 29.4 Å². The number of nitrogens with zero attached hydrogens (tertiary/aromatic N) is 1. The quantitative estimate of drug-likeness (QED) is 0.846. The van der Waals surface area contributed by atoms with E-state index in [9.17, 15) is 4.79 Å². The smallest absolute Gasteiger partial charge is 0.227 e. The van der Waals surface area contributed by atoms with Gasteiger partial charge in [-0.25, -0.2) is 0 Å². The molecule has 24 heavy (non-hydrogen) atoms. The number of hydrogen-bond acceptors (Lipinski definition) is 5. The molecular weight excluding hydrogens is 332 g/mol. The number of halogens is 1. The van der Waals surface area contributed by atoms with Crippen molar-refractivity contribution in [3.63, 3.8) is 0 Å². The highest BCUT2D eigenvalue weighted by Crippen LogP contribution is 2.41. The van der Waals surface area contributed by atoms with Gasteiger partial charge in [-0.1, -0.05) is 6.42 Å². The lowest BCUT2D eigenvalue weighted by Crippen LogP contribution is -2.33. The van der Waals surface area contributed by atoms with E-state index in [1.54, 1.807) is 45.4 Å². The van der Waals surface area contributed by atoms with E-state index < -0.39 is 0 Å². The monoisotopic (exact) mass is 358 g/mol. The van der Waals surface area contributed by atoms with E-state index in [1.165, 1.54) is 0 Å². The molecule has 1 fully saturated rings. The molecule has 1 aliphatic rings. The molecule has 0 heterocycles. The number of carbonyl (C=O) groups is 1. The number of methoxy groups -OCH3 is 3. The van der Waals surface area contributed by atoms with Crippen molar-refractivity contribution in [1.29, 1.82) is 0 Å². The van der Waals surface area contributed by atoms with E-state index >= 15 is 0 Å². The third-order valence-corrected chi connectivity index (χ3v) is 4.57. The van der Waals surface area contributed by atoms with Crippen molar-refractivity contribution in [2.45, 2.75) is 31.7 Å². The van der Waals surface area contributed by atoms with Crippen LogP contribution in [0.3, 0.4) is 0 Å². The number of ether oxygens (including phenoxy) is 3. The minimum Gasteiger partial charge on any atom is -0.493 e. The van der Waals surface area contributed by atoms with Crippen LogP contribution in [-0.2, 0) is 4.79 Å². The van der Waals surface area contributed by atoms with Gasteiger partial charge in [0.1, 0.15) is 0 Å². The molecule has 2 N–H and O–H groups in total. The average Bonchev–Trinajstić information content (AvgIpc) is 2.97. The second kappa shape index (κ2) is 8.99. The molecule has 0 bridgehead atoms. The molecule has 2 rings (SSSR count). The predicted octanol–water partition coefficient (Wildman–Crippen LogP) is 2.61. The van der Waals surface area contributed by atoms with Gasteiger partial charge in [-0.15, -0.1) is 12.4 Å². The van der Waals surface area contributed by atoms with E-state index in [-0.39, 0.29) is 30.3 Å². The number of carbonyl (C=O) groups excluding carboxylic acids is 1. The summed E-state index contributed by atoms with van der Waals surface area (Å²) >= 11 is 0. The molecule has 0 unspecified atom stereocenters. The molecule has 1 amide bonds. The highest BCUT2D eigenvalue weighted by Gasteiger charge is 2.28. The van der Waals surface area contributed by atoms with Gasteiger partial charge < -0.3 is 24.8 Å². The lowest BCUT2D eigenvalue weighted by molar-refractivity contribution is -0.119. The molecule has 1 aromatic rings. The summed E-state index contributed by atoms with van der Waals surface area (Å²) < 4.78 is 16.0. The Morgan fingerprint density at radius 1 is 1.17 bits per heavy atom. The van der Waals surface area contributed by atoms with Crippen LogP contribution in [0, 0.1) is 5.92 Å². The molecule has 136 valence electrons. The summed E-state index contributed by atoms with van der Waals surface area (Å²) in [6, 6.07) is 3.68. The van der Waals surface area contributed by atoms with Crippen molar-refractivity contribution >= 4 is 24.0 Å². The van der Waals surface area contributed by atoms with Gasteiger partial charge in [0.15, 0.2) is 11.5 Å². The standard InChI is InChI=1S/C17H26N2O4.ClH/c1-19(16(20)8-11-6-5-7-13(11)18)12-9-14(21-2)17(23-4)15(10-12)22-3;/h9-11,13H,5-8,18H2,1-4H3;1H/t11-,13+;/m0./s1. The molecular formula is C17H27ClN2O4. The van der Waals surface area contributed by atoms with Gasteiger partial charge in [0.25, 0.3) is 0 Å². The number of nitrogens with two attached hydrogens (primary N) is 1. The zero-order valence-corrected chi connectivity index (χ0v) is 15.5. The van der Waals surface area contributed by atoms with Gasteiger partial charge >= 0.3 is 0 Å². The largest absolute Gasteiger partial charge is 0.493 e. The number of hydrogen-bond donors (Lipinski definition) is 1. The lowest BCUT2D eigenvalue weighted by Gasteiger charge is -2.23. The average molecular weight is 359 g/mol. The third kappa shape index (κ3) is 4.24. The first-order valence-electron chi connectivity index (χ1n) is 7.84. The second-order valence-corrected chi connectivity index (χ2v) is 5.90. The summed E-state index contributed by atoms with van der Waals surface area (Å²) in [7, 11) is 6.42. The summed E-state index contributed by atoms with van der Waals surface area (Å²) in [5.41, 5.74) is 6.77. The minimum absolute atomic E-state index is 0. The molecule has 6 nitrogen and oxygen atoms in total. The van der Waals surface area contributed by atoms with Crippen LogP contribution < -0.4 is 24.8 Å². The van der Waals surface area contributed by atoms with Crippen LogP contribution in [0.15, 0.2) is 12.1 Å². The highest BCUT2D eigenvalue weighted by molar-refractivity contribution is 5.93. The van der Waals surface area contributed by atoms with Gasteiger partial charge in [-0.2, -0.15) is 0 Å². The fourth-order valence-corrected chi connectivity index (χ4v) is 3.09. The fourth-order valence-electron chi connectivity index (χ4n) is 3.09. The zero-order valence-electron chi connectivity index (χ0n) is 14.7. The van der Waals surface area contributed by atoms with Gasteiger partial charge in [-0.3, -0.25) is 4.79 Å². The predicted molar refractivity (Wildman–Crippen MR) is 96.7 cm³/mol. The zero-order chi connectivity index (χ0) is 17.0. The topological polar surface area (TPSA) is 74.0 Å². The molecule has 2 atom stereocenters. The maximum absolute atomic E-state index is 12.6. The maximum atomic E-state index is 12.6. The molecule has 1 saturated carbocycles. The Morgan fingerprint density at radius 2 is 1.75 bits per heavy atom. The molecule has 1 aromatic carbocycles. The van der Waals surface area contributed by atoms with Crippen LogP contribution in [0.1, 0.15) is 25.7 Å². The van der Waals surface area contributed by atoms with Crippen molar-refractivity contribution in [2.24, 2.45) is 11.7 Å². The summed E-state index contributed by atoms with van der Waals surface area (Å²) in [6.45, 7) is 0. The SMILES string of the molecule is COc1cc(N(C)C(=O)C[C@@H]2CCC[C@H]2N)cc(OC)c1OC.Cl. The minimum atomic E-state index is 0. The fraction of sp³-hybridized carbons (Fsp3) is 0.588. The number of rotatable bonds is 6. The first-order valence-corrected chi connectivity index (χ1v) is 7.84.